The molecule has 2 aromatic heterocycles. The Morgan fingerprint density at radius 2 is 1.12 bits per heavy atom. The molecule has 0 spiro atoms. The zero-order chi connectivity index (χ0) is 38.1. The van der Waals surface area contributed by atoms with Gasteiger partial charge in [0.1, 0.15) is 11.2 Å². The molecule has 8 aromatic carbocycles. The van der Waals surface area contributed by atoms with Crippen molar-refractivity contribution in [2.75, 3.05) is 0 Å². The molecule has 5 nitrogen and oxygen atoms in total. The summed E-state index contributed by atoms with van der Waals surface area (Å²) in [7, 11) is 0. The number of para-hydroxylation sites is 1. The van der Waals surface area contributed by atoms with Crippen LogP contribution in [0.2, 0.25) is 0 Å². The fraction of sp³-hybridized carbons (Fsp3) is 0.0192. The van der Waals surface area contributed by atoms with Crippen LogP contribution in [0.5, 0.6) is 0 Å². The van der Waals surface area contributed by atoms with Crippen LogP contribution in [-0.4, -0.2) is 23.0 Å². The zero-order valence-electron chi connectivity index (χ0n) is 31.1. The molecule has 5 heteroatoms. The van der Waals surface area contributed by atoms with E-state index in [1.54, 1.807) is 0 Å². The maximum absolute atomic E-state index is 6.49. The van der Waals surface area contributed by atoms with Crippen LogP contribution in [-0.2, 0) is 6.54 Å². The normalized spacial score (nSPS) is 12.2. The lowest BCUT2D eigenvalue weighted by Crippen LogP contribution is -2.05. The third-order valence-electron chi connectivity index (χ3n) is 10.6. The van der Waals surface area contributed by atoms with Gasteiger partial charge in [-0.3, -0.25) is 4.99 Å². The smallest absolute Gasteiger partial charge is 0.161 e. The van der Waals surface area contributed by atoms with E-state index < -0.39 is 0 Å². The second kappa shape index (κ2) is 14.5. The lowest BCUT2D eigenvalue weighted by molar-refractivity contribution is 0.669. The Bertz CT molecular complexity index is 3160. The van der Waals surface area contributed by atoms with E-state index in [4.69, 9.17) is 14.4 Å². The van der Waals surface area contributed by atoms with Gasteiger partial charge in [-0.05, 0) is 89.1 Å². The number of rotatable bonds is 7. The maximum Gasteiger partial charge on any atom is 0.161 e. The first-order chi connectivity index (χ1) is 28.2. The first-order valence-electron chi connectivity index (χ1n) is 19.1. The van der Waals surface area contributed by atoms with Crippen molar-refractivity contribution in [2.24, 2.45) is 15.0 Å². The van der Waals surface area contributed by atoms with Crippen molar-refractivity contribution in [3.63, 3.8) is 0 Å². The number of aromatic nitrogens is 1. The Balaban J connectivity index is 1.03. The van der Waals surface area contributed by atoms with E-state index in [9.17, 15) is 0 Å². The number of hydrogen-bond donors (Lipinski definition) is 0. The summed E-state index contributed by atoms with van der Waals surface area (Å²) in [5, 5.41) is 4.55. The molecule has 0 aliphatic carbocycles. The second-order valence-corrected chi connectivity index (χ2v) is 14.1. The molecule has 0 aliphatic rings. The Kier molecular flexibility index (Phi) is 8.65. The molecule has 270 valence electrons. The van der Waals surface area contributed by atoms with Crippen molar-refractivity contribution >= 4 is 62.1 Å². The van der Waals surface area contributed by atoms with Crippen LogP contribution in [0.4, 0.5) is 0 Å². The van der Waals surface area contributed by atoms with Gasteiger partial charge in [-0.2, -0.15) is 0 Å². The highest BCUT2D eigenvalue weighted by molar-refractivity contribution is 6.15. The average Bonchev–Trinajstić information content (AvgIpc) is 3.82. The van der Waals surface area contributed by atoms with E-state index in [2.05, 4.69) is 156 Å². The summed E-state index contributed by atoms with van der Waals surface area (Å²) >= 11 is 0. The molecule has 57 heavy (non-hydrogen) atoms. The van der Waals surface area contributed by atoms with Gasteiger partial charge in [-0.25, -0.2) is 9.98 Å². The average molecular weight is 733 g/mol. The fourth-order valence-corrected chi connectivity index (χ4v) is 7.80. The highest BCUT2D eigenvalue weighted by Gasteiger charge is 2.16. The number of amidine groups is 2. The largest absolute Gasteiger partial charge is 0.456 e. The summed E-state index contributed by atoms with van der Waals surface area (Å²) < 4.78 is 8.87. The molecule has 0 atom stereocenters. The number of fused-ring (bicyclic) bond motifs is 6. The van der Waals surface area contributed by atoms with E-state index in [0.29, 0.717) is 18.2 Å². The predicted molar refractivity (Wildman–Crippen MR) is 238 cm³/mol. The van der Waals surface area contributed by atoms with Crippen LogP contribution >= 0.6 is 0 Å². The summed E-state index contributed by atoms with van der Waals surface area (Å²) in [6.45, 7) is 4.29. The quantitative estimate of drug-likeness (QED) is 0.119. The molecule has 0 saturated carbocycles. The second-order valence-electron chi connectivity index (χ2n) is 14.1. The van der Waals surface area contributed by atoms with Crippen molar-refractivity contribution in [1.82, 2.24) is 4.57 Å². The number of furan rings is 1. The molecule has 10 rings (SSSR count). The molecule has 0 aliphatic heterocycles. The van der Waals surface area contributed by atoms with Crippen LogP contribution < -0.4 is 0 Å². The molecule has 2 heterocycles. The van der Waals surface area contributed by atoms with Crippen molar-refractivity contribution in [3.05, 3.63) is 211 Å². The van der Waals surface area contributed by atoms with Gasteiger partial charge in [0.05, 0.1) is 17.6 Å². The summed E-state index contributed by atoms with van der Waals surface area (Å²) in [5.41, 5.74) is 12.5. The molecule has 0 amide bonds. The Morgan fingerprint density at radius 3 is 1.95 bits per heavy atom. The van der Waals surface area contributed by atoms with E-state index in [-0.39, 0.29) is 0 Å². The summed E-state index contributed by atoms with van der Waals surface area (Å²) in [6.07, 6.45) is 0. The van der Waals surface area contributed by atoms with E-state index in [0.717, 1.165) is 55.4 Å². The lowest BCUT2D eigenvalue weighted by Gasteiger charge is -2.11. The highest BCUT2D eigenvalue weighted by Crippen LogP contribution is 2.37. The molecular formula is C52H36N4O. The van der Waals surface area contributed by atoms with Gasteiger partial charge in [-0.15, -0.1) is 0 Å². The van der Waals surface area contributed by atoms with Crippen LogP contribution in [0.15, 0.2) is 214 Å². The van der Waals surface area contributed by atoms with Crippen LogP contribution in [0.1, 0.15) is 16.7 Å². The number of aliphatic imine (C=N–C) groups is 3. The number of nitrogens with zero attached hydrogens (tertiary/aromatic N) is 4. The SMILES string of the molecule is C=N/C(=N\C(=N/Cc1ccccc1)c1ccc2c(c1)oc1ccc(-c3cccc(-n4c5ccccc5c5cc(-c6ccccc6)ccc54)c3)cc12)c1ccccc1. The first-order valence-corrected chi connectivity index (χ1v) is 19.1. The zero-order valence-corrected chi connectivity index (χ0v) is 31.1. The van der Waals surface area contributed by atoms with Gasteiger partial charge in [0.2, 0.25) is 0 Å². The minimum absolute atomic E-state index is 0.475. The van der Waals surface area contributed by atoms with Crippen LogP contribution in [0.25, 0.3) is 71.7 Å². The summed E-state index contributed by atoms with van der Waals surface area (Å²) in [6, 6.07) is 67.5. The van der Waals surface area contributed by atoms with Crippen LogP contribution in [0, 0.1) is 0 Å². The molecule has 0 bridgehead atoms. The molecule has 0 unspecified atom stereocenters. The number of hydrogen-bond acceptors (Lipinski definition) is 2. The lowest BCUT2D eigenvalue weighted by atomic mass is 10.0. The first kappa shape index (κ1) is 33.9. The third-order valence-corrected chi connectivity index (χ3v) is 10.6. The van der Waals surface area contributed by atoms with Crippen molar-refractivity contribution in [1.29, 1.82) is 0 Å². The predicted octanol–water partition coefficient (Wildman–Crippen LogP) is 13.1. The summed E-state index contributed by atoms with van der Waals surface area (Å²) in [4.78, 5) is 14.2. The maximum atomic E-state index is 6.49. The Hall–Kier alpha value is -7.63. The molecular weight excluding hydrogens is 697 g/mol. The van der Waals surface area contributed by atoms with Crippen LogP contribution in [0.3, 0.4) is 0 Å². The molecule has 10 aromatic rings. The van der Waals surface area contributed by atoms with Gasteiger partial charge < -0.3 is 8.98 Å². The Labute approximate surface area is 330 Å². The van der Waals surface area contributed by atoms with Crippen molar-refractivity contribution < 1.29 is 4.42 Å². The molecule has 0 fully saturated rings. The minimum Gasteiger partial charge on any atom is -0.456 e. The molecule has 0 radical (unpaired) electrons. The fourth-order valence-electron chi connectivity index (χ4n) is 7.80. The van der Waals surface area contributed by atoms with Gasteiger partial charge in [-0.1, -0.05) is 140 Å². The third kappa shape index (κ3) is 6.41. The molecule has 0 saturated heterocycles. The minimum atomic E-state index is 0.475. The van der Waals surface area contributed by atoms with Gasteiger partial charge in [0, 0.05) is 38.4 Å². The number of benzene rings is 8. The van der Waals surface area contributed by atoms with E-state index in [1.807, 2.05) is 54.6 Å². The monoisotopic (exact) mass is 732 g/mol. The van der Waals surface area contributed by atoms with E-state index >= 15 is 0 Å². The van der Waals surface area contributed by atoms with Crippen molar-refractivity contribution in [3.8, 4) is 27.9 Å². The van der Waals surface area contributed by atoms with Gasteiger partial charge in [0.25, 0.3) is 0 Å². The van der Waals surface area contributed by atoms with E-state index in [1.165, 1.54) is 32.9 Å². The standard InChI is InChI=1S/C52H36N4O/c1-53-51(37-18-9-4-10-19-37)55-52(54-34-35-14-5-2-6-15-35)41-24-27-44-46-32-40(26-29-49(46)57-50(44)33-41)38-20-13-21-42(30-38)56-47-23-12-11-22-43(47)45-31-39(25-28-48(45)56)36-16-7-3-8-17-36/h2-33H,1,34H2/b54-52-,55-51-. The molecule has 0 N–H and O–H groups in total. The topological polar surface area (TPSA) is 55.1 Å². The highest BCUT2D eigenvalue weighted by atomic mass is 16.3. The Morgan fingerprint density at radius 1 is 0.456 bits per heavy atom. The van der Waals surface area contributed by atoms with Gasteiger partial charge in [0.15, 0.2) is 11.7 Å². The van der Waals surface area contributed by atoms with Crippen molar-refractivity contribution in [2.45, 2.75) is 6.54 Å². The summed E-state index contributed by atoms with van der Waals surface area (Å²) in [5.74, 6) is 1.07. The van der Waals surface area contributed by atoms with Gasteiger partial charge >= 0.3 is 0 Å².